The van der Waals surface area contributed by atoms with Gasteiger partial charge in [0.25, 0.3) is 0 Å². The Morgan fingerprint density at radius 1 is 1.56 bits per heavy atom. The SMILES string of the molecule is CC(=O)O[C@@H]1COCC[C@H]1Nc1ncc2c(I)nc(CC(C)C)n2n1. The number of rotatable bonds is 5. The van der Waals surface area contributed by atoms with Gasteiger partial charge in [-0.05, 0) is 34.9 Å². The normalized spacial score (nSPS) is 20.8. The van der Waals surface area contributed by atoms with Crippen molar-refractivity contribution in [2.24, 2.45) is 5.92 Å². The maximum absolute atomic E-state index is 11.3. The molecule has 0 aromatic carbocycles. The van der Waals surface area contributed by atoms with Gasteiger partial charge < -0.3 is 14.8 Å². The van der Waals surface area contributed by atoms with E-state index in [1.165, 1.54) is 6.92 Å². The second kappa shape index (κ2) is 7.81. The summed E-state index contributed by atoms with van der Waals surface area (Å²) in [6, 6.07) is -0.0776. The van der Waals surface area contributed by atoms with Crippen molar-refractivity contribution in [3.05, 3.63) is 15.7 Å². The first kappa shape index (κ1) is 18.3. The van der Waals surface area contributed by atoms with Crippen LogP contribution in [-0.2, 0) is 20.7 Å². The molecule has 0 aliphatic carbocycles. The third-order valence-corrected chi connectivity index (χ3v) is 4.74. The van der Waals surface area contributed by atoms with Gasteiger partial charge in [0.05, 0.1) is 18.8 Å². The van der Waals surface area contributed by atoms with Crippen LogP contribution in [0.4, 0.5) is 5.95 Å². The molecule has 0 radical (unpaired) electrons. The Hall–Kier alpha value is -1.49. The standard InChI is InChI=1S/C16H22IN5O3/c1-9(2)6-14-20-15(17)12-7-18-16(21-22(12)14)19-11-4-5-24-8-13(11)25-10(3)23/h7,9,11,13H,4-6,8H2,1-3H3,(H,19,21)/t11-,13-/m1/s1. The lowest BCUT2D eigenvalue weighted by molar-refractivity contribution is -0.153. The number of ether oxygens (including phenoxy) is 2. The number of nitrogens with zero attached hydrogens (tertiary/aromatic N) is 4. The lowest BCUT2D eigenvalue weighted by Gasteiger charge is -2.31. The molecule has 0 spiro atoms. The topological polar surface area (TPSA) is 90.6 Å². The molecule has 9 heteroatoms. The lowest BCUT2D eigenvalue weighted by Crippen LogP contribution is -2.44. The Bertz CT molecular complexity index is 764. The number of nitrogens with one attached hydrogen (secondary N) is 1. The van der Waals surface area contributed by atoms with Gasteiger partial charge in [-0.3, -0.25) is 4.79 Å². The summed E-state index contributed by atoms with van der Waals surface area (Å²) in [5.41, 5.74) is 0.894. The van der Waals surface area contributed by atoms with Crippen molar-refractivity contribution < 1.29 is 14.3 Å². The summed E-state index contributed by atoms with van der Waals surface area (Å²) < 4.78 is 13.5. The predicted molar refractivity (Wildman–Crippen MR) is 100 cm³/mol. The van der Waals surface area contributed by atoms with E-state index in [4.69, 9.17) is 9.47 Å². The van der Waals surface area contributed by atoms with Gasteiger partial charge in [-0.1, -0.05) is 13.8 Å². The minimum absolute atomic E-state index is 0.0776. The van der Waals surface area contributed by atoms with Crippen LogP contribution in [-0.4, -0.2) is 50.9 Å². The maximum atomic E-state index is 11.3. The van der Waals surface area contributed by atoms with E-state index in [2.05, 4.69) is 56.8 Å². The smallest absolute Gasteiger partial charge is 0.303 e. The average molecular weight is 459 g/mol. The molecule has 25 heavy (non-hydrogen) atoms. The molecule has 8 nitrogen and oxygen atoms in total. The number of anilines is 1. The van der Waals surface area contributed by atoms with Gasteiger partial charge in [0, 0.05) is 20.0 Å². The van der Waals surface area contributed by atoms with Gasteiger partial charge in [-0.25, -0.2) is 14.5 Å². The highest BCUT2D eigenvalue weighted by Gasteiger charge is 2.29. The van der Waals surface area contributed by atoms with Crippen molar-refractivity contribution in [3.8, 4) is 0 Å². The largest absolute Gasteiger partial charge is 0.458 e. The fraction of sp³-hybridized carbons (Fsp3) is 0.625. The van der Waals surface area contributed by atoms with Crippen molar-refractivity contribution in [3.63, 3.8) is 0 Å². The number of carbonyl (C=O) groups is 1. The van der Waals surface area contributed by atoms with E-state index in [1.807, 2.05) is 4.52 Å². The summed E-state index contributed by atoms with van der Waals surface area (Å²) >= 11 is 2.20. The summed E-state index contributed by atoms with van der Waals surface area (Å²) in [6.07, 6.45) is 2.99. The molecule has 3 rings (SSSR count). The molecule has 0 saturated carbocycles. The Kier molecular flexibility index (Phi) is 5.72. The third kappa shape index (κ3) is 4.38. The molecule has 3 heterocycles. The van der Waals surface area contributed by atoms with Crippen LogP contribution in [0.2, 0.25) is 0 Å². The first-order valence-corrected chi connectivity index (χ1v) is 9.43. The molecular formula is C16H22IN5O3. The average Bonchev–Trinajstić information content (AvgIpc) is 2.84. The quantitative estimate of drug-likeness (QED) is 0.541. The Labute approximate surface area is 159 Å². The fourth-order valence-electron chi connectivity index (χ4n) is 2.84. The molecule has 1 aliphatic rings. The molecule has 0 bridgehead atoms. The molecule has 2 atom stereocenters. The number of imidazole rings is 1. The second-order valence-corrected chi connectivity index (χ2v) is 7.58. The maximum Gasteiger partial charge on any atom is 0.303 e. The summed E-state index contributed by atoms with van der Waals surface area (Å²) in [4.78, 5) is 20.3. The second-order valence-electron chi connectivity index (χ2n) is 6.56. The Morgan fingerprint density at radius 3 is 3.08 bits per heavy atom. The number of fused-ring (bicyclic) bond motifs is 1. The van der Waals surface area contributed by atoms with Crippen molar-refractivity contribution >= 4 is 40.0 Å². The predicted octanol–water partition coefficient (Wildman–Crippen LogP) is 2.06. The highest BCUT2D eigenvalue weighted by atomic mass is 127. The lowest BCUT2D eigenvalue weighted by atomic mass is 10.1. The molecule has 1 saturated heterocycles. The highest BCUT2D eigenvalue weighted by molar-refractivity contribution is 14.1. The van der Waals surface area contributed by atoms with Gasteiger partial charge >= 0.3 is 5.97 Å². The minimum Gasteiger partial charge on any atom is -0.458 e. The van der Waals surface area contributed by atoms with Gasteiger partial charge in [-0.2, -0.15) is 0 Å². The zero-order valence-electron chi connectivity index (χ0n) is 14.5. The van der Waals surface area contributed by atoms with Gasteiger partial charge in [0.15, 0.2) is 0 Å². The van der Waals surface area contributed by atoms with E-state index < -0.39 is 0 Å². The number of esters is 1. The fourth-order valence-corrected chi connectivity index (χ4v) is 3.49. The van der Waals surface area contributed by atoms with E-state index >= 15 is 0 Å². The van der Waals surface area contributed by atoms with Crippen molar-refractivity contribution in [1.82, 2.24) is 19.6 Å². The Balaban J connectivity index is 1.84. The summed E-state index contributed by atoms with van der Waals surface area (Å²) in [5.74, 6) is 1.58. The molecule has 1 fully saturated rings. The first-order chi connectivity index (χ1) is 11.9. The van der Waals surface area contributed by atoms with E-state index in [0.29, 0.717) is 25.1 Å². The molecule has 0 amide bonds. The summed E-state index contributed by atoms with van der Waals surface area (Å²) in [6.45, 7) is 6.69. The van der Waals surface area contributed by atoms with Crippen LogP contribution in [0.1, 0.15) is 33.0 Å². The zero-order chi connectivity index (χ0) is 18.0. The van der Waals surface area contributed by atoms with Gasteiger partial charge in [-0.15, -0.1) is 5.10 Å². The number of carbonyl (C=O) groups excluding carboxylic acids is 1. The molecule has 1 N–H and O–H groups in total. The third-order valence-electron chi connectivity index (χ3n) is 3.94. The van der Waals surface area contributed by atoms with Crippen LogP contribution in [0.3, 0.4) is 0 Å². The van der Waals surface area contributed by atoms with Crippen LogP contribution < -0.4 is 5.32 Å². The van der Waals surface area contributed by atoms with Crippen LogP contribution in [0.5, 0.6) is 0 Å². The number of halogens is 1. The van der Waals surface area contributed by atoms with Crippen LogP contribution >= 0.6 is 22.6 Å². The number of aromatic nitrogens is 4. The van der Waals surface area contributed by atoms with E-state index in [9.17, 15) is 4.79 Å². The summed E-state index contributed by atoms with van der Waals surface area (Å²) in [5, 5.41) is 7.89. The first-order valence-electron chi connectivity index (χ1n) is 8.35. The van der Waals surface area contributed by atoms with E-state index in [-0.39, 0.29) is 18.1 Å². The highest BCUT2D eigenvalue weighted by Crippen LogP contribution is 2.19. The zero-order valence-corrected chi connectivity index (χ0v) is 16.7. The van der Waals surface area contributed by atoms with E-state index in [0.717, 1.165) is 27.9 Å². The molecular weight excluding hydrogens is 437 g/mol. The molecule has 0 unspecified atom stereocenters. The van der Waals surface area contributed by atoms with Crippen molar-refractivity contribution in [2.45, 2.75) is 45.8 Å². The van der Waals surface area contributed by atoms with Crippen LogP contribution in [0.15, 0.2) is 6.20 Å². The molecule has 1 aliphatic heterocycles. The Morgan fingerprint density at radius 2 is 2.36 bits per heavy atom. The van der Waals surface area contributed by atoms with Crippen molar-refractivity contribution in [2.75, 3.05) is 18.5 Å². The molecule has 2 aromatic rings. The monoisotopic (exact) mass is 459 g/mol. The van der Waals surface area contributed by atoms with Gasteiger partial charge in [0.2, 0.25) is 5.95 Å². The molecule has 2 aromatic heterocycles. The molecule has 136 valence electrons. The van der Waals surface area contributed by atoms with Crippen molar-refractivity contribution in [1.29, 1.82) is 0 Å². The van der Waals surface area contributed by atoms with Gasteiger partial charge in [0.1, 0.15) is 21.1 Å². The van der Waals surface area contributed by atoms with Crippen LogP contribution in [0.25, 0.3) is 5.52 Å². The number of hydrogen-bond acceptors (Lipinski definition) is 7. The van der Waals surface area contributed by atoms with E-state index in [1.54, 1.807) is 6.20 Å². The summed E-state index contributed by atoms with van der Waals surface area (Å²) in [7, 11) is 0. The number of hydrogen-bond donors (Lipinski definition) is 1. The van der Waals surface area contributed by atoms with Crippen LogP contribution in [0, 0.1) is 9.62 Å². The minimum atomic E-state index is -0.344.